The number of hydrogen-bond donors (Lipinski definition) is 1. The lowest BCUT2D eigenvalue weighted by atomic mass is 10.1. The highest BCUT2D eigenvalue weighted by atomic mass is 16.3. The van der Waals surface area contributed by atoms with Crippen LogP contribution in [0.1, 0.15) is 27.6 Å². The lowest BCUT2D eigenvalue weighted by molar-refractivity contribution is 0.0721. The topological polar surface area (TPSA) is 96.5 Å². The maximum Gasteiger partial charge on any atom is 0.274 e. The molecule has 0 fully saturated rings. The van der Waals surface area contributed by atoms with Crippen molar-refractivity contribution >= 4 is 11.4 Å². The third-order valence-electron chi connectivity index (χ3n) is 3.78. The zero-order chi connectivity index (χ0) is 15.3. The summed E-state index contributed by atoms with van der Waals surface area (Å²) < 4.78 is 6.69. The number of aromatic amines is 1. The van der Waals surface area contributed by atoms with Gasteiger partial charge in [-0.1, -0.05) is 0 Å². The first-order valence-electron chi connectivity index (χ1n) is 6.91. The number of aryl methyl sites for hydroxylation is 1. The van der Waals surface area contributed by atoms with Gasteiger partial charge in [-0.2, -0.15) is 5.10 Å². The number of oxazole rings is 1. The number of amides is 1. The summed E-state index contributed by atoms with van der Waals surface area (Å²) in [6, 6.07) is 1.51. The molecule has 0 aromatic carbocycles. The summed E-state index contributed by atoms with van der Waals surface area (Å²) >= 11 is 0. The quantitative estimate of drug-likeness (QED) is 0.706. The monoisotopic (exact) mass is 299 g/mol. The molecule has 1 amide bonds. The van der Waals surface area contributed by atoms with Crippen molar-refractivity contribution in [2.24, 2.45) is 0 Å². The van der Waals surface area contributed by atoms with E-state index < -0.39 is 0 Å². The van der Waals surface area contributed by atoms with Crippen LogP contribution in [0, 0.1) is 6.92 Å². The van der Waals surface area contributed by atoms with E-state index in [1.165, 1.54) is 17.0 Å². The Morgan fingerprint density at radius 1 is 1.45 bits per heavy atom. The number of aromatic nitrogens is 4. The minimum atomic E-state index is -0.260. The Labute approximate surface area is 124 Å². The Morgan fingerprint density at radius 3 is 3.18 bits per heavy atom. The first-order valence-corrected chi connectivity index (χ1v) is 6.91. The first-order chi connectivity index (χ1) is 10.6. The largest absolute Gasteiger partial charge is 0.448 e. The predicted molar refractivity (Wildman–Crippen MR) is 75.5 cm³/mol. The van der Waals surface area contributed by atoms with Crippen molar-refractivity contribution in [1.29, 1.82) is 0 Å². The number of fused-ring (bicyclic) bond motifs is 2. The van der Waals surface area contributed by atoms with E-state index in [2.05, 4.69) is 15.1 Å². The Bertz CT molecular complexity index is 936. The van der Waals surface area contributed by atoms with Gasteiger partial charge in [0.05, 0.1) is 6.54 Å². The second-order valence-corrected chi connectivity index (χ2v) is 5.32. The molecular weight excluding hydrogens is 286 g/mol. The van der Waals surface area contributed by atoms with Gasteiger partial charge in [-0.15, -0.1) is 0 Å². The van der Waals surface area contributed by atoms with E-state index in [1.54, 1.807) is 18.0 Å². The molecule has 0 saturated carbocycles. The summed E-state index contributed by atoms with van der Waals surface area (Å²) in [7, 11) is 0. The van der Waals surface area contributed by atoms with E-state index in [4.69, 9.17) is 4.42 Å². The van der Waals surface area contributed by atoms with Gasteiger partial charge >= 0.3 is 0 Å². The van der Waals surface area contributed by atoms with Crippen LogP contribution in [0.3, 0.4) is 0 Å². The molecule has 0 spiro atoms. The Morgan fingerprint density at radius 2 is 2.32 bits per heavy atom. The van der Waals surface area contributed by atoms with E-state index in [0.717, 1.165) is 11.5 Å². The van der Waals surface area contributed by atoms with Crippen LogP contribution in [0.5, 0.6) is 0 Å². The molecule has 1 aliphatic rings. The molecule has 22 heavy (non-hydrogen) atoms. The van der Waals surface area contributed by atoms with Gasteiger partial charge < -0.3 is 14.3 Å². The van der Waals surface area contributed by atoms with Crippen LogP contribution in [0.15, 0.2) is 27.9 Å². The van der Waals surface area contributed by atoms with Gasteiger partial charge in [-0.25, -0.2) is 9.50 Å². The molecule has 1 aliphatic heterocycles. The van der Waals surface area contributed by atoms with E-state index in [9.17, 15) is 9.59 Å². The van der Waals surface area contributed by atoms with E-state index in [1.807, 2.05) is 0 Å². The summed E-state index contributed by atoms with van der Waals surface area (Å²) in [5.74, 6) is 0.612. The van der Waals surface area contributed by atoms with Crippen molar-refractivity contribution < 1.29 is 9.21 Å². The lowest BCUT2D eigenvalue weighted by Gasteiger charge is -2.24. The number of carbonyl (C=O) groups excluding carboxylic acids is 1. The molecule has 8 nitrogen and oxygen atoms in total. The average Bonchev–Trinajstić information content (AvgIpc) is 3.11. The normalized spacial score (nSPS) is 14.3. The SMILES string of the molecule is Cc1cn2nc(C(=O)N3CCc4ocnc4C3)cc2c(=O)[nH]1. The minimum Gasteiger partial charge on any atom is -0.448 e. The van der Waals surface area contributed by atoms with Crippen molar-refractivity contribution in [3.05, 3.63) is 51.9 Å². The van der Waals surface area contributed by atoms with Gasteiger partial charge in [0.25, 0.3) is 11.5 Å². The Kier molecular flexibility index (Phi) is 2.65. The highest BCUT2D eigenvalue weighted by molar-refractivity contribution is 5.93. The van der Waals surface area contributed by atoms with Gasteiger partial charge in [-0.05, 0) is 6.92 Å². The average molecular weight is 299 g/mol. The van der Waals surface area contributed by atoms with Crippen molar-refractivity contribution in [3.63, 3.8) is 0 Å². The van der Waals surface area contributed by atoms with Gasteiger partial charge in [0.1, 0.15) is 17.0 Å². The molecule has 0 bridgehead atoms. The second kappa shape index (κ2) is 4.55. The fourth-order valence-corrected chi connectivity index (χ4v) is 2.68. The minimum absolute atomic E-state index is 0.214. The number of H-pyrrole nitrogens is 1. The van der Waals surface area contributed by atoms with Crippen LogP contribution in [-0.2, 0) is 13.0 Å². The predicted octanol–water partition coefficient (Wildman–Crippen LogP) is 0.518. The van der Waals surface area contributed by atoms with Crippen molar-refractivity contribution in [2.75, 3.05) is 6.54 Å². The lowest BCUT2D eigenvalue weighted by Crippen LogP contribution is -2.36. The third kappa shape index (κ3) is 1.92. The van der Waals surface area contributed by atoms with Crippen LogP contribution in [0.4, 0.5) is 0 Å². The molecule has 112 valence electrons. The fraction of sp³-hybridized carbons (Fsp3) is 0.286. The molecule has 0 saturated heterocycles. The van der Waals surface area contributed by atoms with Gasteiger partial charge in [0.2, 0.25) is 0 Å². The molecule has 0 radical (unpaired) electrons. The van der Waals surface area contributed by atoms with Gasteiger partial charge in [0, 0.05) is 30.9 Å². The summed E-state index contributed by atoms with van der Waals surface area (Å²) in [6.07, 6.45) is 3.71. The highest BCUT2D eigenvalue weighted by Crippen LogP contribution is 2.19. The molecule has 1 N–H and O–H groups in total. The third-order valence-corrected chi connectivity index (χ3v) is 3.78. The van der Waals surface area contributed by atoms with Crippen molar-refractivity contribution in [3.8, 4) is 0 Å². The Balaban J connectivity index is 1.69. The molecule has 4 heterocycles. The standard InChI is InChI=1S/C14H13N5O3/c1-8-5-19-11(13(20)16-8)4-9(17-19)14(21)18-3-2-12-10(6-18)15-7-22-12/h4-5,7H,2-3,6H2,1H3,(H,16,20). The molecular formula is C14H13N5O3. The first kappa shape index (κ1) is 12.8. The van der Waals surface area contributed by atoms with Gasteiger partial charge in [-0.3, -0.25) is 9.59 Å². The maximum atomic E-state index is 12.6. The van der Waals surface area contributed by atoms with Crippen molar-refractivity contribution in [1.82, 2.24) is 24.5 Å². The molecule has 4 rings (SSSR count). The summed E-state index contributed by atoms with van der Waals surface area (Å²) in [6.45, 7) is 2.71. The summed E-state index contributed by atoms with van der Waals surface area (Å²) in [5, 5.41) is 4.21. The van der Waals surface area contributed by atoms with Crippen LogP contribution in [0.2, 0.25) is 0 Å². The number of rotatable bonds is 1. The van der Waals surface area contributed by atoms with E-state index in [0.29, 0.717) is 30.7 Å². The van der Waals surface area contributed by atoms with Crippen LogP contribution in [0.25, 0.3) is 5.52 Å². The van der Waals surface area contributed by atoms with E-state index in [-0.39, 0.29) is 17.2 Å². The summed E-state index contributed by atoms with van der Waals surface area (Å²) in [5.41, 5.74) is 1.81. The zero-order valence-corrected chi connectivity index (χ0v) is 11.9. The molecule has 3 aromatic rings. The van der Waals surface area contributed by atoms with E-state index >= 15 is 0 Å². The summed E-state index contributed by atoms with van der Waals surface area (Å²) in [4.78, 5) is 32.9. The van der Waals surface area contributed by atoms with Crippen molar-refractivity contribution in [2.45, 2.75) is 19.9 Å². The highest BCUT2D eigenvalue weighted by Gasteiger charge is 2.26. The fourth-order valence-electron chi connectivity index (χ4n) is 2.68. The molecule has 0 atom stereocenters. The number of hydrogen-bond acceptors (Lipinski definition) is 5. The maximum absolute atomic E-state index is 12.6. The van der Waals surface area contributed by atoms with Crippen LogP contribution < -0.4 is 5.56 Å². The number of nitrogens with zero attached hydrogens (tertiary/aromatic N) is 4. The van der Waals surface area contributed by atoms with Gasteiger partial charge in [0.15, 0.2) is 12.1 Å². The number of nitrogens with one attached hydrogen (secondary N) is 1. The molecule has 8 heteroatoms. The second-order valence-electron chi connectivity index (χ2n) is 5.32. The number of carbonyl (C=O) groups is 1. The van der Waals surface area contributed by atoms with Crippen LogP contribution >= 0.6 is 0 Å². The molecule has 0 unspecified atom stereocenters. The zero-order valence-electron chi connectivity index (χ0n) is 11.9. The van der Waals surface area contributed by atoms with Crippen LogP contribution in [-0.4, -0.2) is 36.9 Å². The molecule has 0 aliphatic carbocycles. The molecule has 3 aromatic heterocycles. The smallest absolute Gasteiger partial charge is 0.274 e. The Hall–Kier alpha value is -2.90.